The first-order valence-corrected chi connectivity index (χ1v) is 8.38. The van der Waals surface area contributed by atoms with Crippen LogP contribution in [0.25, 0.3) is 0 Å². The van der Waals surface area contributed by atoms with Crippen molar-refractivity contribution in [2.75, 3.05) is 5.33 Å². The zero-order chi connectivity index (χ0) is 13.8. The van der Waals surface area contributed by atoms with Gasteiger partial charge >= 0.3 is 0 Å². The van der Waals surface area contributed by atoms with Crippen molar-refractivity contribution in [3.8, 4) is 0 Å². The Morgan fingerprint density at radius 3 is 2.26 bits per heavy atom. The average molecular weight is 382 g/mol. The lowest BCUT2D eigenvalue weighted by Crippen LogP contribution is -2.05. The van der Waals surface area contributed by atoms with Gasteiger partial charge in [-0.05, 0) is 49.4 Å². The normalized spacial score (nSPS) is 12.4. The maximum absolute atomic E-state index is 3.66. The van der Waals surface area contributed by atoms with E-state index in [0.29, 0.717) is 5.92 Å². The van der Waals surface area contributed by atoms with Crippen molar-refractivity contribution in [3.05, 3.63) is 69.2 Å². The van der Waals surface area contributed by atoms with Crippen LogP contribution in [0.3, 0.4) is 0 Å². The van der Waals surface area contributed by atoms with Crippen LogP contribution in [0.5, 0.6) is 0 Å². The molecular weight excluding hydrogens is 364 g/mol. The van der Waals surface area contributed by atoms with Gasteiger partial charge in [0.25, 0.3) is 0 Å². The van der Waals surface area contributed by atoms with E-state index in [2.05, 4.69) is 88.2 Å². The number of hydrogen-bond donors (Lipinski definition) is 0. The van der Waals surface area contributed by atoms with E-state index in [0.717, 1.165) is 16.2 Å². The molecule has 0 amide bonds. The molecule has 0 spiro atoms. The Balaban J connectivity index is 2.23. The zero-order valence-corrected chi connectivity index (χ0v) is 14.5. The molecule has 0 bridgehead atoms. The summed E-state index contributed by atoms with van der Waals surface area (Å²) in [5.41, 5.74) is 5.49. The number of aryl methyl sites for hydroxylation is 2. The molecule has 0 aliphatic rings. The van der Waals surface area contributed by atoms with Gasteiger partial charge in [-0.1, -0.05) is 73.3 Å². The second kappa shape index (κ2) is 6.71. The quantitative estimate of drug-likeness (QED) is 0.588. The van der Waals surface area contributed by atoms with Crippen molar-refractivity contribution in [1.29, 1.82) is 0 Å². The summed E-state index contributed by atoms with van der Waals surface area (Å²) in [6.45, 7) is 4.33. The molecule has 0 aromatic heterocycles. The van der Waals surface area contributed by atoms with E-state index in [1.54, 1.807) is 0 Å². The van der Waals surface area contributed by atoms with E-state index in [1.807, 2.05) is 0 Å². The maximum Gasteiger partial charge on any atom is 0.0178 e. The molecule has 2 rings (SSSR count). The summed E-state index contributed by atoms with van der Waals surface area (Å²) < 4.78 is 1.15. The van der Waals surface area contributed by atoms with Crippen LogP contribution in [0, 0.1) is 13.8 Å². The van der Waals surface area contributed by atoms with Crippen LogP contribution in [0.15, 0.2) is 46.9 Å². The zero-order valence-electron chi connectivity index (χ0n) is 11.3. The standard InChI is InChI=1S/C17H18Br2/c1-12-6-13(2)8-14(7-12)9-16(11-18)15-4-3-5-17(19)10-15/h3-8,10,16H,9,11H2,1-2H3. The number of hydrogen-bond acceptors (Lipinski definition) is 0. The van der Waals surface area contributed by atoms with Gasteiger partial charge in [0, 0.05) is 9.80 Å². The maximum atomic E-state index is 3.66. The summed E-state index contributed by atoms with van der Waals surface area (Å²) >= 11 is 7.21. The van der Waals surface area contributed by atoms with E-state index < -0.39 is 0 Å². The number of alkyl halides is 1. The predicted octanol–water partition coefficient (Wildman–Crippen LogP) is 5.79. The molecule has 2 heteroatoms. The molecule has 19 heavy (non-hydrogen) atoms. The number of rotatable bonds is 4. The van der Waals surface area contributed by atoms with Crippen LogP contribution in [-0.2, 0) is 6.42 Å². The minimum Gasteiger partial charge on any atom is -0.0921 e. The lowest BCUT2D eigenvalue weighted by Gasteiger charge is -2.16. The third kappa shape index (κ3) is 4.19. The molecule has 2 aromatic rings. The van der Waals surface area contributed by atoms with Gasteiger partial charge in [-0.3, -0.25) is 0 Å². The van der Waals surface area contributed by atoms with Crippen molar-refractivity contribution in [1.82, 2.24) is 0 Å². The molecule has 0 heterocycles. The Morgan fingerprint density at radius 1 is 1.00 bits per heavy atom. The Labute approximate surface area is 132 Å². The summed E-state index contributed by atoms with van der Waals surface area (Å²) in [5.74, 6) is 0.513. The van der Waals surface area contributed by atoms with Crippen LogP contribution >= 0.6 is 31.9 Å². The summed E-state index contributed by atoms with van der Waals surface area (Å²) in [4.78, 5) is 0. The van der Waals surface area contributed by atoms with Crippen molar-refractivity contribution in [3.63, 3.8) is 0 Å². The van der Waals surface area contributed by atoms with Gasteiger partial charge in [0.1, 0.15) is 0 Å². The van der Waals surface area contributed by atoms with Gasteiger partial charge in [-0.2, -0.15) is 0 Å². The largest absolute Gasteiger partial charge is 0.0921 e. The second-order valence-corrected chi connectivity index (χ2v) is 6.67. The van der Waals surface area contributed by atoms with Crippen molar-refractivity contribution < 1.29 is 0 Å². The Kier molecular flexibility index (Phi) is 5.23. The van der Waals surface area contributed by atoms with Crippen LogP contribution < -0.4 is 0 Å². The van der Waals surface area contributed by atoms with Gasteiger partial charge in [0.2, 0.25) is 0 Å². The number of halogens is 2. The Bertz CT molecular complexity index is 541. The molecule has 0 saturated carbocycles. The summed E-state index contributed by atoms with van der Waals surface area (Å²) in [5, 5.41) is 0.983. The molecular formula is C17H18Br2. The first-order chi connectivity index (χ1) is 9.08. The highest BCUT2D eigenvalue weighted by atomic mass is 79.9. The highest BCUT2D eigenvalue weighted by Crippen LogP contribution is 2.26. The third-order valence-electron chi connectivity index (χ3n) is 3.27. The van der Waals surface area contributed by atoms with Crippen molar-refractivity contribution in [2.24, 2.45) is 0 Å². The summed E-state index contributed by atoms with van der Waals surface area (Å²) in [6.07, 6.45) is 1.07. The van der Waals surface area contributed by atoms with Crippen molar-refractivity contribution in [2.45, 2.75) is 26.2 Å². The fourth-order valence-electron chi connectivity index (χ4n) is 2.49. The monoisotopic (exact) mass is 380 g/mol. The second-order valence-electron chi connectivity index (χ2n) is 5.11. The van der Waals surface area contributed by atoms with E-state index in [4.69, 9.17) is 0 Å². The molecule has 2 aromatic carbocycles. The molecule has 0 aliphatic carbocycles. The first-order valence-electron chi connectivity index (χ1n) is 6.47. The Morgan fingerprint density at radius 2 is 1.68 bits per heavy atom. The average Bonchev–Trinajstić information content (AvgIpc) is 2.34. The fourth-order valence-corrected chi connectivity index (χ4v) is 3.51. The lowest BCUT2D eigenvalue weighted by molar-refractivity contribution is 0.773. The molecule has 1 unspecified atom stereocenters. The molecule has 0 saturated heterocycles. The van der Waals surface area contributed by atoms with E-state index >= 15 is 0 Å². The van der Waals surface area contributed by atoms with Gasteiger partial charge < -0.3 is 0 Å². The highest BCUT2D eigenvalue weighted by Gasteiger charge is 2.12. The van der Waals surface area contributed by atoms with E-state index in [-0.39, 0.29) is 0 Å². The molecule has 0 N–H and O–H groups in total. The minimum atomic E-state index is 0.513. The van der Waals surface area contributed by atoms with Gasteiger partial charge in [-0.25, -0.2) is 0 Å². The first kappa shape index (κ1) is 14.8. The van der Waals surface area contributed by atoms with E-state index in [1.165, 1.54) is 22.3 Å². The fraction of sp³-hybridized carbons (Fsp3) is 0.294. The van der Waals surface area contributed by atoms with Crippen LogP contribution in [0.4, 0.5) is 0 Å². The smallest absolute Gasteiger partial charge is 0.0178 e. The molecule has 0 radical (unpaired) electrons. The molecule has 100 valence electrons. The topological polar surface area (TPSA) is 0 Å². The summed E-state index contributed by atoms with van der Waals surface area (Å²) in [7, 11) is 0. The third-order valence-corrected chi connectivity index (χ3v) is 4.54. The number of benzene rings is 2. The molecule has 1 atom stereocenters. The summed E-state index contributed by atoms with van der Waals surface area (Å²) in [6, 6.07) is 15.4. The minimum absolute atomic E-state index is 0.513. The van der Waals surface area contributed by atoms with Gasteiger partial charge in [0.05, 0.1) is 0 Å². The molecule has 0 aliphatic heterocycles. The van der Waals surface area contributed by atoms with Gasteiger partial charge in [0.15, 0.2) is 0 Å². The van der Waals surface area contributed by atoms with Crippen molar-refractivity contribution >= 4 is 31.9 Å². The predicted molar refractivity (Wildman–Crippen MR) is 90.3 cm³/mol. The van der Waals surface area contributed by atoms with Crippen LogP contribution in [0.2, 0.25) is 0 Å². The van der Waals surface area contributed by atoms with Crippen LogP contribution in [-0.4, -0.2) is 5.33 Å². The molecule has 0 nitrogen and oxygen atoms in total. The highest BCUT2D eigenvalue weighted by molar-refractivity contribution is 9.10. The molecule has 0 fully saturated rings. The van der Waals surface area contributed by atoms with Crippen LogP contribution in [0.1, 0.15) is 28.2 Å². The Hall–Kier alpha value is -0.600. The van der Waals surface area contributed by atoms with Gasteiger partial charge in [-0.15, -0.1) is 0 Å². The van der Waals surface area contributed by atoms with E-state index in [9.17, 15) is 0 Å². The SMILES string of the molecule is Cc1cc(C)cc(CC(CBr)c2cccc(Br)c2)c1. The lowest BCUT2D eigenvalue weighted by atomic mass is 9.92.